The van der Waals surface area contributed by atoms with Crippen molar-refractivity contribution in [2.75, 3.05) is 40.4 Å². The number of benzene rings is 2. The van der Waals surface area contributed by atoms with Gasteiger partial charge in [0, 0.05) is 43.5 Å². The highest BCUT2D eigenvalue weighted by Crippen LogP contribution is 2.23. The number of hydrogen-bond acceptors (Lipinski definition) is 4. The average Bonchev–Trinajstić information content (AvgIpc) is 3.22. The minimum Gasteiger partial charge on any atom is -0.372 e. The van der Waals surface area contributed by atoms with Gasteiger partial charge in [0.2, 0.25) is 15.9 Å². The van der Waals surface area contributed by atoms with Crippen LogP contribution in [0.3, 0.4) is 0 Å². The van der Waals surface area contributed by atoms with Crippen molar-refractivity contribution < 1.29 is 22.0 Å². The maximum absolute atomic E-state index is 13.5. The summed E-state index contributed by atoms with van der Waals surface area (Å²) in [5, 5.41) is 2.79. The summed E-state index contributed by atoms with van der Waals surface area (Å²) < 4.78 is 51.7. The molecule has 1 amide bonds. The molecule has 1 fully saturated rings. The highest BCUT2D eigenvalue weighted by molar-refractivity contribution is 7.92. The Morgan fingerprint density at radius 3 is 2.33 bits per heavy atom. The van der Waals surface area contributed by atoms with Gasteiger partial charge in [-0.3, -0.25) is 9.10 Å². The molecule has 6 nitrogen and oxygen atoms in total. The van der Waals surface area contributed by atoms with Crippen molar-refractivity contribution in [1.82, 2.24) is 0 Å². The summed E-state index contributed by atoms with van der Waals surface area (Å²) in [7, 11) is -3.71. The van der Waals surface area contributed by atoms with Crippen LogP contribution in [0.15, 0.2) is 42.5 Å². The summed E-state index contributed by atoms with van der Waals surface area (Å²) in [6.07, 6.45) is 3.67. The van der Waals surface area contributed by atoms with Crippen LogP contribution < -0.4 is 14.5 Å². The zero-order valence-electron chi connectivity index (χ0n) is 16.8. The molecule has 1 aliphatic heterocycles. The number of nitrogens with zero attached hydrogens (tertiary/aromatic N) is 2. The molecule has 30 heavy (non-hydrogen) atoms. The van der Waals surface area contributed by atoms with Crippen LogP contribution in [0, 0.1) is 11.6 Å². The Morgan fingerprint density at radius 2 is 1.73 bits per heavy atom. The standard InChI is InChI=1S/C21H25F2N3O3S/c1-30(28,29)26(18-10-11-19(22)20(23)15-18)14-4-5-21(27)24-16-6-8-17(9-7-16)25-12-2-3-13-25/h6-11,15H,2-5,12-14H2,1H3,(H,24,27). The van der Waals surface area contributed by atoms with Gasteiger partial charge in [0.15, 0.2) is 11.6 Å². The van der Waals surface area contributed by atoms with Gasteiger partial charge in [-0.1, -0.05) is 0 Å². The van der Waals surface area contributed by atoms with Crippen molar-refractivity contribution >= 4 is 33.0 Å². The van der Waals surface area contributed by atoms with Crippen LogP contribution in [-0.2, 0) is 14.8 Å². The van der Waals surface area contributed by atoms with Gasteiger partial charge in [-0.15, -0.1) is 0 Å². The molecule has 0 unspecified atom stereocenters. The fourth-order valence-corrected chi connectivity index (χ4v) is 4.42. The van der Waals surface area contributed by atoms with Gasteiger partial charge in [-0.25, -0.2) is 17.2 Å². The van der Waals surface area contributed by atoms with E-state index in [4.69, 9.17) is 0 Å². The van der Waals surface area contributed by atoms with E-state index in [0.29, 0.717) is 5.69 Å². The zero-order valence-corrected chi connectivity index (χ0v) is 17.6. The van der Waals surface area contributed by atoms with Crippen molar-refractivity contribution in [3.63, 3.8) is 0 Å². The first-order valence-electron chi connectivity index (χ1n) is 9.82. The van der Waals surface area contributed by atoms with Gasteiger partial charge in [-0.2, -0.15) is 0 Å². The maximum atomic E-state index is 13.5. The summed E-state index contributed by atoms with van der Waals surface area (Å²) >= 11 is 0. The predicted molar refractivity (Wildman–Crippen MR) is 114 cm³/mol. The van der Waals surface area contributed by atoms with E-state index in [-0.39, 0.29) is 31.0 Å². The molecule has 0 radical (unpaired) electrons. The average molecular weight is 438 g/mol. The van der Waals surface area contributed by atoms with E-state index in [9.17, 15) is 22.0 Å². The zero-order chi connectivity index (χ0) is 21.7. The first kappa shape index (κ1) is 22.0. The molecule has 0 aliphatic carbocycles. The van der Waals surface area contributed by atoms with E-state index in [2.05, 4.69) is 10.2 Å². The summed E-state index contributed by atoms with van der Waals surface area (Å²) in [6, 6.07) is 10.5. The summed E-state index contributed by atoms with van der Waals surface area (Å²) in [5.74, 6) is -2.43. The molecule has 1 N–H and O–H groups in total. The van der Waals surface area contributed by atoms with Gasteiger partial charge in [0.05, 0.1) is 11.9 Å². The van der Waals surface area contributed by atoms with Gasteiger partial charge in [0.1, 0.15) is 0 Å². The van der Waals surface area contributed by atoms with E-state index < -0.39 is 21.7 Å². The van der Waals surface area contributed by atoms with Crippen molar-refractivity contribution in [2.45, 2.75) is 25.7 Å². The molecule has 0 bridgehead atoms. The molecule has 1 saturated heterocycles. The fraction of sp³-hybridized carbons (Fsp3) is 0.381. The largest absolute Gasteiger partial charge is 0.372 e. The second kappa shape index (κ2) is 9.42. The lowest BCUT2D eigenvalue weighted by molar-refractivity contribution is -0.116. The van der Waals surface area contributed by atoms with Crippen LogP contribution in [-0.4, -0.2) is 40.2 Å². The molecule has 2 aromatic rings. The summed E-state index contributed by atoms with van der Waals surface area (Å²) in [5.41, 5.74) is 1.82. The monoisotopic (exact) mass is 437 g/mol. The minimum absolute atomic E-state index is 0.0225. The normalized spacial score (nSPS) is 14.0. The molecular weight excluding hydrogens is 412 g/mol. The van der Waals surface area contributed by atoms with Crippen LogP contribution in [0.25, 0.3) is 0 Å². The molecule has 162 valence electrons. The third-order valence-electron chi connectivity index (χ3n) is 4.98. The fourth-order valence-electron chi connectivity index (χ4n) is 3.46. The summed E-state index contributed by atoms with van der Waals surface area (Å²) in [4.78, 5) is 14.5. The lowest BCUT2D eigenvalue weighted by atomic mass is 10.2. The molecule has 2 aromatic carbocycles. The minimum atomic E-state index is -3.71. The van der Waals surface area contributed by atoms with Crippen LogP contribution in [0.5, 0.6) is 0 Å². The Hall–Kier alpha value is -2.68. The molecule has 9 heteroatoms. The third kappa shape index (κ3) is 5.69. The lowest BCUT2D eigenvalue weighted by Gasteiger charge is -2.22. The molecule has 0 aromatic heterocycles. The summed E-state index contributed by atoms with van der Waals surface area (Å²) in [6.45, 7) is 2.06. The number of halogens is 2. The quantitative estimate of drug-likeness (QED) is 0.683. The SMILES string of the molecule is CS(=O)(=O)N(CCCC(=O)Nc1ccc(N2CCCC2)cc1)c1ccc(F)c(F)c1. The Bertz CT molecular complexity index is 991. The van der Waals surface area contributed by atoms with Crippen molar-refractivity contribution in [2.24, 2.45) is 0 Å². The number of carbonyl (C=O) groups is 1. The van der Waals surface area contributed by atoms with E-state index in [1.54, 1.807) is 0 Å². The predicted octanol–water partition coefficient (Wildman–Crippen LogP) is 3.75. The van der Waals surface area contributed by atoms with Gasteiger partial charge < -0.3 is 10.2 Å². The van der Waals surface area contributed by atoms with E-state index in [1.807, 2.05) is 24.3 Å². The Morgan fingerprint density at radius 1 is 1.07 bits per heavy atom. The van der Waals surface area contributed by atoms with Crippen molar-refractivity contribution in [1.29, 1.82) is 0 Å². The molecule has 3 rings (SSSR count). The number of amides is 1. The smallest absolute Gasteiger partial charge is 0.232 e. The number of carbonyl (C=O) groups excluding carboxylic acids is 1. The first-order valence-corrected chi connectivity index (χ1v) is 11.7. The van der Waals surface area contributed by atoms with Crippen molar-refractivity contribution in [3.8, 4) is 0 Å². The number of anilines is 3. The lowest BCUT2D eigenvalue weighted by Crippen LogP contribution is -2.31. The Kier molecular flexibility index (Phi) is 6.91. The van der Waals surface area contributed by atoms with Crippen LogP contribution >= 0.6 is 0 Å². The molecule has 1 aliphatic rings. The number of rotatable bonds is 8. The molecule has 1 heterocycles. The molecule has 0 spiro atoms. The highest BCUT2D eigenvalue weighted by atomic mass is 32.2. The Balaban J connectivity index is 1.54. The highest BCUT2D eigenvalue weighted by Gasteiger charge is 2.19. The van der Waals surface area contributed by atoms with E-state index in [1.165, 1.54) is 18.9 Å². The van der Waals surface area contributed by atoms with E-state index in [0.717, 1.165) is 41.5 Å². The van der Waals surface area contributed by atoms with Gasteiger partial charge in [0.25, 0.3) is 0 Å². The van der Waals surface area contributed by atoms with Crippen LogP contribution in [0.2, 0.25) is 0 Å². The second-order valence-corrected chi connectivity index (χ2v) is 9.23. The molecule has 0 atom stereocenters. The van der Waals surface area contributed by atoms with Gasteiger partial charge in [-0.05, 0) is 55.7 Å². The van der Waals surface area contributed by atoms with Crippen LogP contribution in [0.1, 0.15) is 25.7 Å². The first-order chi connectivity index (χ1) is 14.2. The molecular formula is C21H25F2N3O3S. The maximum Gasteiger partial charge on any atom is 0.232 e. The number of hydrogen-bond donors (Lipinski definition) is 1. The Labute approximate surface area is 175 Å². The second-order valence-electron chi connectivity index (χ2n) is 7.33. The third-order valence-corrected chi connectivity index (χ3v) is 6.17. The van der Waals surface area contributed by atoms with Crippen LogP contribution in [0.4, 0.5) is 25.8 Å². The van der Waals surface area contributed by atoms with Crippen molar-refractivity contribution in [3.05, 3.63) is 54.1 Å². The number of nitrogens with one attached hydrogen (secondary N) is 1. The van der Waals surface area contributed by atoms with E-state index >= 15 is 0 Å². The number of sulfonamides is 1. The van der Waals surface area contributed by atoms with Gasteiger partial charge >= 0.3 is 0 Å². The topological polar surface area (TPSA) is 69.7 Å². The molecule has 0 saturated carbocycles.